The van der Waals surface area contributed by atoms with E-state index in [1.165, 1.54) is 25.3 Å². The average Bonchev–Trinajstić information content (AvgIpc) is 2.36. The van der Waals surface area contributed by atoms with Crippen molar-refractivity contribution in [2.24, 2.45) is 0 Å². The van der Waals surface area contributed by atoms with Crippen LogP contribution in [0.3, 0.4) is 0 Å². The van der Waals surface area contributed by atoms with Crippen LogP contribution in [0.25, 0.3) is 0 Å². The van der Waals surface area contributed by atoms with Crippen LogP contribution < -0.4 is 0 Å². The molecule has 1 unspecified atom stereocenters. The Hall–Kier alpha value is 0.270. The van der Waals surface area contributed by atoms with Crippen LogP contribution in [-0.2, 0) is 0 Å². The molecule has 0 radical (unpaired) electrons. The first-order valence-electron chi connectivity index (χ1n) is 4.15. The van der Waals surface area contributed by atoms with Crippen molar-refractivity contribution in [2.75, 3.05) is 32.8 Å². The van der Waals surface area contributed by atoms with E-state index in [4.69, 9.17) is 0 Å². The van der Waals surface area contributed by atoms with E-state index in [-0.39, 0.29) is 0 Å². The Kier molecular flexibility index (Phi) is 3.69. The van der Waals surface area contributed by atoms with Crippen LogP contribution in [-0.4, -0.2) is 48.7 Å². The summed E-state index contributed by atoms with van der Waals surface area (Å²) in [5, 5.41) is 0. The quantitative estimate of drug-likeness (QED) is 0.636. The molecule has 0 aromatic rings. The number of thioether (sulfide) groups is 1. The Morgan fingerprint density at radius 1 is 1.55 bits per heavy atom. The molecule has 1 aliphatic heterocycles. The van der Waals surface area contributed by atoms with Gasteiger partial charge < -0.3 is 0 Å². The van der Waals surface area contributed by atoms with Crippen molar-refractivity contribution in [2.45, 2.75) is 19.0 Å². The molecule has 0 saturated carbocycles. The predicted molar refractivity (Wildman–Crippen MR) is 51.8 cm³/mol. The van der Waals surface area contributed by atoms with Crippen molar-refractivity contribution in [3.8, 4) is 0 Å². The highest BCUT2D eigenvalue weighted by Crippen LogP contribution is 2.19. The molecule has 1 fully saturated rings. The molecule has 1 rings (SSSR count). The van der Waals surface area contributed by atoms with Crippen LogP contribution in [0.15, 0.2) is 0 Å². The molecule has 66 valence electrons. The van der Waals surface area contributed by atoms with Crippen molar-refractivity contribution < 1.29 is 0 Å². The van der Waals surface area contributed by atoms with E-state index < -0.39 is 0 Å². The fraction of sp³-hybridized carbons (Fsp3) is 1.00. The Labute approximate surface area is 73.9 Å². The minimum atomic E-state index is 0.697. The summed E-state index contributed by atoms with van der Waals surface area (Å²) in [5.41, 5.74) is 0. The number of likely N-dealkylation sites (tertiary alicyclic amines) is 1. The minimum Gasteiger partial charge on any atom is -0.294 e. The summed E-state index contributed by atoms with van der Waals surface area (Å²) in [4.78, 5) is 4.87. The summed E-state index contributed by atoms with van der Waals surface area (Å²) in [7, 11) is 4.34. The van der Waals surface area contributed by atoms with Crippen molar-refractivity contribution >= 4 is 11.8 Å². The lowest BCUT2D eigenvalue weighted by molar-refractivity contribution is 0.141. The first-order valence-corrected chi connectivity index (χ1v) is 5.54. The fourth-order valence-corrected chi connectivity index (χ4v) is 2.34. The molecule has 11 heavy (non-hydrogen) atoms. The first kappa shape index (κ1) is 9.36. The monoisotopic (exact) mass is 174 g/mol. The second kappa shape index (κ2) is 4.33. The van der Waals surface area contributed by atoms with Crippen LogP contribution in [0.5, 0.6) is 0 Å². The van der Waals surface area contributed by atoms with Crippen LogP contribution in [0.2, 0.25) is 0 Å². The van der Waals surface area contributed by atoms with E-state index in [0.717, 1.165) is 0 Å². The van der Waals surface area contributed by atoms with Crippen molar-refractivity contribution in [3.63, 3.8) is 0 Å². The van der Waals surface area contributed by atoms with E-state index >= 15 is 0 Å². The SMILES string of the molecule is CSCN1CCCC1N(C)C. The Morgan fingerprint density at radius 3 is 2.82 bits per heavy atom. The first-order chi connectivity index (χ1) is 5.25. The molecule has 1 atom stereocenters. The standard InChI is InChI=1S/C8H18N2S/c1-9(2)8-5-4-6-10(8)7-11-3/h8H,4-7H2,1-3H3. The summed E-state index contributed by atoms with van der Waals surface area (Å²) >= 11 is 1.92. The van der Waals surface area contributed by atoms with E-state index in [1.807, 2.05) is 11.8 Å². The van der Waals surface area contributed by atoms with Gasteiger partial charge in [-0.2, -0.15) is 0 Å². The fourth-order valence-electron chi connectivity index (χ4n) is 1.71. The highest BCUT2D eigenvalue weighted by Gasteiger charge is 2.24. The van der Waals surface area contributed by atoms with Gasteiger partial charge in [-0.05, 0) is 33.2 Å². The zero-order valence-corrected chi connectivity index (χ0v) is 8.52. The molecule has 0 aromatic carbocycles. The molecular formula is C8H18N2S. The van der Waals surface area contributed by atoms with Gasteiger partial charge in [0.25, 0.3) is 0 Å². The third-order valence-corrected chi connectivity index (χ3v) is 2.81. The van der Waals surface area contributed by atoms with E-state index in [1.54, 1.807) is 0 Å². The summed E-state index contributed by atoms with van der Waals surface area (Å²) in [6.45, 7) is 1.28. The average molecular weight is 174 g/mol. The molecule has 1 heterocycles. The maximum atomic E-state index is 2.55. The lowest BCUT2D eigenvalue weighted by Gasteiger charge is -2.28. The third kappa shape index (κ3) is 2.36. The molecule has 1 saturated heterocycles. The number of hydrogen-bond donors (Lipinski definition) is 0. The van der Waals surface area contributed by atoms with E-state index in [0.29, 0.717) is 6.17 Å². The van der Waals surface area contributed by atoms with Crippen molar-refractivity contribution in [3.05, 3.63) is 0 Å². The molecule has 0 amide bonds. The molecule has 2 nitrogen and oxygen atoms in total. The van der Waals surface area contributed by atoms with Crippen LogP contribution in [0.1, 0.15) is 12.8 Å². The van der Waals surface area contributed by atoms with Gasteiger partial charge in [0.05, 0.1) is 6.17 Å². The smallest absolute Gasteiger partial charge is 0.0624 e. The largest absolute Gasteiger partial charge is 0.294 e. The topological polar surface area (TPSA) is 6.48 Å². The molecule has 0 aliphatic carbocycles. The lowest BCUT2D eigenvalue weighted by Crippen LogP contribution is -2.39. The Bertz CT molecular complexity index is 117. The van der Waals surface area contributed by atoms with Gasteiger partial charge in [0.2, 0.25) is 0 Å². The predicted octanol–water partition coefficient (Wildman–Crippen LogP) is 1.29. The highest BCUT2D eigenvalue weighted by atomic mass is 32.2. The zero-order chi connectivity index (χ0) is 8.27. The zero-order valence-electron chi connectivity index (χ0n) is 7.71. The Balaban J connectivity index is 2.37. The molecule has 0 aromatic heterocycles. The van der Waals surface area contributed by atoms with Crippen LogP contribution in [0.4, 0.5) is 0 Å². The number of hydrogen-bond acceptors (Lipinski definition) is 3. The van der Waals surface area contributed by atoms with Crippen molar-refractivity contribution in [1.82, 2.24) is 9.80 Å². The summed E-state index contributed by atoms with van der Waals surface area (Å²) < 4.78 is 0. The molecule has 0 spiro atoms. The van der Waals surface area contributed by atoms with Crippen molar-refractivity contribution in [1.29, 1.82) is 0 Å². The molecule has 0 N–H and O–H groups in total. The molecule has 3 heteroatoms. The maximum Gasteiger partial charge on any atom is 0.0624 e. The van der Waals surface area contributed by atoms with Gasteiger partial charge in [0.15, 0.2) is 0 Å². The van der Waals surface area contributed by atoms with E-state index in [2.05, 4.69) is 30.2 Å². The van der Waals surface area contributed by atoms with Gasteiger partial charge in [0.1, 0.15) is 0 Å². The number of nitrogens with zero attached hydrogens (tertiary/aromatic N) is 2. The lowest BCUT2D eigenvalue weighted by atomic mass is 10.3. The van der Waals surface area contributed by atoms with E-state index in [9.17, 15) is 0 Å². The molecular weight excluding hydrogens is 156 g/mol. The summed E-state index contributed by atoms with van der Waals surface area (Å²) in [6.07, 6.45) is 5.57. The van der Waals surface area contributed by atoms with Gasteiger partial charge in [-0.3, -0.25) is 9.80 Å². The highest BCUT2D eigenvalue weighted by molar-refractivity contribution is 7.98. The second-order valence-corrected chi connectivity index (χ2v) is 4.15. The molecule has 0 bridgehead atoms. The second-order valence-electron chi connectivity index (χ2n) is 3.32. The third-order valence-electron chi connectivity index (χ3n) is 2.22. The maximum absolute atomic E-state index is 2.55. The minimum absolute atomic E-state index is 0.697. The summed E-state index contributed by atoms with van der Waals surface area (Å²) in [5.74, 6) is 1.18. The van der Waals surface area contributed by atoms with Crippen LogP contribution >= 0.6 is 11.8 Å². The number of rotatable bonds is 3. The normalized spacial score (nSPS) is 26.7. The van der Waals surface area contributed by atoms with Gasteiger partial charge in [-0.1, -0.05) is 0 Å². The van der Waals surface area contributed by atoms with Gasteiger partial charge in [-0.25, -0.2) is 0 Å². The molecule has 1 aliphatic rings. The van der Waals surface area contributed by atoms with Crippen LogP contribution in [0, 0.1) is 0 Å². The summed E-state index contributed by atoms with van der Waals surface area (Å²) in [6, 6.07) is 0. The van der Waals surface area contributed by atoms with Gasteiger partial charge in [0, 0.05) is 12.4 Å². The van der Waals surface area contributed by atoms with Gasteiger partial charge >= 0.3 is 0 Å². The Morgan fingerprint density at radius 2 is 2.27 bits per heavy atom. The van der Waals surface area contributed by atoms with Gasteiger partial charge in [-0.15, -0.1) is 11.8 Å².